The fraction of sp³-hybridized carbons (Fsp3) is 0.211. The molecule has 0 radical (unpaired) electrons. The Morgan fingerprint density at radius 3 is 2.78 bits per heavy atom. The average molecular weight is 421 g/mol. The summed E-state index contributed by atoms with van der Waals surface area (Å²) < 4.78 is 7.59. The number of carbonyl (C=O) groups is 2. The van der Waals surface area contributed by atoms with Gasteiger partial charge in [-0.15, -0.1) is 11.8 Å². The van der Waals surface area contributed by atoms with Crippen molar-refractivity contribution >= 4 is 56.8 Å². The molecule has 8 heteroatoms. The van der Waals surface area contributed by atoms with E-state index in [-0.39, 0.29) is 18.4 Å². The van der Waals surface area contributed by atoms with E-state index in [1.54, 1.807) is 35.8 Å². The minimum atomic E-state index is -0.384. The third-order valence-corrected chi connectivity index (χ3v) is 5.84. The number of hydrogen-bond acceptors (Lipinski definition) is 5. The number of rotatable bonds is 5. The van der Waals surface area contributed by atoms with E-state index in [4.69, 9.17) is 16.3 Å². The number of halogens is 1. The number of ether oxygens (including phenoxy) is 1. The van der Waals surface area contributed by atoms with Gasteiger partial charge in [0.1, 0.15) is 6.54 Å². The van der Waals surface area contributed by atoms with E-state index in [0.717, 1.165) is 15.1 Å². The first-order valence-electron chi connectivity index (χ1n) is 8.20. The number of carbonyl (C=O) groups excluding carboxylic acids is 2. The highest BCUT2D eigenvalue weighted by Gasteiger charge is 2.14. The van der Waals surface area contributed by atoms with E-state index < -0.39 is 0 Å². The van der Waals surface area contributed by atoms with E-state index in [2.05, 4.69) is 4.99 Å². The SMILES string of the molecule is CCOC(=O)Cn1c(=NC(=O)c2ccccc2SC)sc2cc(Cl)ccc21. The van der Waals surface area contributed by atoms with Crippen LogP contribution >= 0.6 is 34.7 Å². The quantitative estimate of drug-likeness (QED) is 0.454. The van der Waals surface area contributed by atoms with Gasteiger partial charge < -0.3 is 9.30 Å². The molecule has 27 heavy (non-hydrogen) atoms. The summed E-state index contributed by atoms with van der Waals surface area (Å²) in [7, 11) is 0. The molecule has 1 heterocycles. The zero-order valence-electron chi connectivity index (χ0n) is 14.8. The van der Waals surface area contributed by atoms with Gasteiger partial charge in [-0.25, -0.2) is 0 Å². The van der Waals surface area contributed by atoms with Crippen LogP contribution in [0, 0.1) is 0 Å². The van der Waals surface area contributed by atoms with E-state index in [1.165, 1.54) is 23.1 Å². The second kappa shape index (κ2) is 8.73. The largest absolute Gasteiger partial charge is 0.465 e. The van der Waals surface area contributed by atoms with Crippen LogP contribution in [-0.4, -0.2) is 29.3 Å². The lowest BCUT2D eigenvalue weighted by Gasteiger charge is -2.05. The summed E-state index contributed by atoms with van der Waals surface area (Å²) in [6, 6.07) is 12.7. The third-order valence-electron chi connectivity index (χ3n) is 3.77. The van der Waals surface area contributed by atoms with Crippen molar-refractivity contribution in [3.8, 4) is 0 Å². The number of fused-ring (bicyclic) bond motifs is 1. The number of aromatic nitrogens is 1. The Morgan fingerprint density at radius 1 is 1.26 bits per heavy atom. The summed E-state index contributed by atoms with van der Waals surface area (Å²) in [6.45, 7) is 2.02. The average Bonchev–Trinajstić information content (AvgIpc) is 2.97. The molecule has 0 aliphatic heterocycles. The highest BCUT2D eigenvalue weighted by atomic mass is 35.5. The lowest BCUT2D eigenvalue weighted by atomic mass is 10.2. The number of amides is 1. The Morgan fingerprint density at radius 2 is 2.04 bits per heavy atom. The molecule has 0 atom stereocenters. The van der Waals surface area contributed by atoms with Gasteiger partial charge in [-0.1, -0.05) is 35.1 Å². The second-order valence-electron chi connectivity index (χ2n) is 5.51. The Hall–Kier alpha value is -2.09. The maximum Gasteiger partial charge on any atom is 0.326 e. The van der Waals surface area contributed by atoms with Crippen LogP contribution in [0.2, 0.25) is 5.02 Å². The van der Waals surface area contributed by atoms with Gasteiger partial charge >= 0.3 is 5.97 Å². The Bertz CT molecular complexity index is 1070. The lowest BCUT2D eigenvalue weighted by Crippen LogP contribution is -2.23. The molecule has 140 valence electrons. The first-order valence-corrected chi connectivity index (χ1v) is 10.6. The summed E-state index contributed by atoms with van der Waals surface area (Å²) in [6.07, 6.45) is 1.91. The zero-order chi connectivity index (χ0) is 19.4. The molecule has 3 rings (SSSR count). The predicted octanol–water partition coefficient (Wildman–Crippen LogP) is 4.38. The van der Waals surface area contributed by atoms with Crippen molar-refractivity contribution in [3.05, 3.63) is 57.9 Å². The normalized spacial score (nSPS) is 11.7. The monoisotopic (exact) mass is 420 g/mol. The predicted molar refractivity (Wildman–Crippen MR) is 110 cm³/mol. The van der Waals surface area contributed by atoms with Gasteiger partial charge in [0.05, 0.1) is 22.4 Å². The van der Waals surface area contributed by atoms with Crippen molar-refractivity contribution in [2.24, 2.45) is 4.99 Å². The molecule has 2 aromatic carbocycles. The maximum atomic E-state index is 12.8. The standard InChI is InChI=1S/C19H17ClN2O3S2/c1-3-25-17(23)11-22-14-9-8-12(20)10-16(14)27-19(22)21-18(24)13-6-4-5-7-15(13)26-2/h4-10H,3,11H2,1-2H3. The number of benzene rings is 2. The van der Waals surface area contributed by atoms with Gasteiger partial charge in [-0.3, -0.25) is 9.59 Å². The fourth-order valence-electron chi connectivity index (χ4n) is 2.59. The van der Waals surface area contributed by atoms with Crippen LogP contribution in [0.5, 0.6) is 0 Å². The molecule has 0 unspecified atom stereocenters. The minimum Gasteiger partial charge on any atom is -0.465 e. The van der Waals surface area contributed by atoms with Crippen molar-refractivity contribution in [3.63, 3.8) is 0 Å². The van der Waals surface area contributed by atoms with Crippen molar-refractivity contribution < 1.29 is 14.3 Å². The van der Waals surface area contributed by atoms with Gasteiger partial charge in [0.15, 0.2) is 4.80 Å². The Labute approximate surface area is 169 Å². The molecule has 1 amide bonds. The molecule has 0 fully saturated rings. The molecule has 0 bridgehead atoms. The summed E-state index contributed by atoms with van der Waals surface area (Å²) in [5, 5.41) is 0.581. The van der Waals surface area contributed by atoms with E-state index in [9.17, 15) is 9.59 Å². The molecule has 0 spiro atoms. The van der Waals surface area contributed by atoms with Crippen LogP contribution in [-0.2, 0) is 16.1 Å². The highest BCUT2D eigenvalue weighted by molar-refractivity contribution is 7.98. The van der Waals surface area contributed by atoms with Crippen molar-refractivity contribution in [2.75, 3.05) is 12.9 Å². The van der Waals surface area contributed by atoms with E-state index >= 15 is 0 Å². The molecule has 5 nitrogen and oxygen atoms in total. The van der Waals surface area contributed by atoms with Crippen LogP contribution in [0.4, 0.5) is 0 Å². The Kier molecular flexibility index (Phi) is 6.36. The molecule has 3 aromatic rings. The van der Waals surface area contributed by atoms with Gasteiger partial charge in [0.2, 0.25) is 0 Å². The third kappa shape index (κ3) is 4.43. The molecule has 1 aromatic heterocycles. The van der Waals surface area contributed by atoms with Gasteiger partial charge in [0, 0.05) is 9.92 Å². The highest BCUT2D eigenvalue weighted by Crippen LogP contribution is 2.23. The van der Waals surface area contributed by atoms with E-state index in [0.29, 0.717) is 22.0 Å². The molecule has 0 saturated heterocycles. The number of esters is 1. The van der Waals surface area contributed by atoms with Gasteiger partial charge in [-0.05, 0) is 43.5 Å². The smallest absolute Gasteiger partial charge is 0.326 e. The molecule has 0 aliphatic rings. The molecule has 0 saturated carbocycles. The summed E-state index contributed by atoms with van der Waals surface area (Å²) in [5.41, 5.74) is 1.31. The van der Waals surface area contributed by atoms with Gasteiger partial charge in [0.25, 0.3) is 5.91 Å². The van der Waals surface area contributed by atoms with Gasteiger partial charge in [-0.2, -0.15) is 4.99 Å². The van der Waals surface area contributed by atoms with E-state index in [1.807, 2.05) is 24.5 Å². The summed E-state index contributed by atoms with van der Waals surface area (Å²) in [5.74, 6) is -0.735. The fourth-order valence-corrected chi connectivity index (χ4v) is 4.48. The summed E-state index contributed by atoms with van der Waals surface area (Å²) in [4.78, 5) is 30.4. The van der Waals surface area contributed by atoms with Crippen molar-refractivity contribution in [1.29, 1.82) is 0 Å². The topological polar surface area (TPSA) is 60.7 Å². The summed E-state index contributed by atoms with van der Waals surface area (Å²) >= 11 is 8.88. The molecule has 0 N–H and O–H groups in total. The van der Waals surface area contributed by atoms with Crippen LogP contribution in [0.1, 0.15) is 17.3 Å². The zero-order valence-corrected chi connectivity index (χ0v) is 17.2. The number of hydrogen-bond donors (Lipinski definition) is 0. The number of thiazole rings is 1. The molecular formula is C19H17ClN2O3S2. The van der Waals surface area contributed by atoms with Crippen LogP contribution < -0.4 is 4.80 Å². The lowest BCUT2D eigenvalue weighted by molar-refractivity contribution is -0.143. The first-order chi connectivity index (χ1) is 13.0. The minimum absolute atomic E-state index is 0.0221. The van der Waals surface area contributed by atoms with Crippen molar-refractivity contribution in [2.45, 2.75) is 18.4 Å². The molecular weight excluding hydrogens is 404 g/mol. The van der Waals surface area contributed by atoms with Crippen LogP contribution in [0.15, 0.2) is 52.4 Å². The first kappa shape index (κ1) is 19.7. The maximum absolute atomic E-state index is 12.8. The number of thioether (sulfide) groups is 1. The molecule has 0 aliphatic carbocycles. The van der Waals surface area contributed by atoms with Crippen LogP contribution in [0.25, 0.3) is 10.2 Å². The number of nitrogens with zero attached hydrogens (tertiary/aromatic N) is 2. The Balaban J connectivity index is 2.13. The van der Waals surface area contributed by atoms with Crippen molar-refractivity contribution in [1.82, 2.24) is 4.57 Å². The van der Waals surface area contributed by atoms with Crippen LogP contribution in [0.3, 0.4) is 0 Å². The second-order valence-corrected chi connectivity index (χ2v) is 7.80.